The van der Waals surface area contributed by atoms with E-state index in [0.29, 0.717) is 24.2 Å². The first-order valence-corrected chi connectivity index (χ1v) is 14.0. The smallest absolute Gasteiger partial charge is 0.335 e. The summed E-state index contributed by atoms with van der Waals surface area (Å²) in [5, 5.41) is 13.8. The van der Waals surface area contributed by atoms with E-state index in [1.54, 1.807) is 24.4 Å². The molecule has 0 radical (unpaired) electrons. The Hall–Kier alpha value is -3.66. The Morgan fingerprint density at radius 3 is 2.70 bits per heavy atom. The molecule has 6 rings (SSSR count). The summed E-state index contributed by atoms with van der Waals surface area (Å²) in [6.07, 6.45) is 4.81. The van der Waals surface area contributed by atoms with E-state index in [2.05, 4.69) is 25.8 Å². The first kappa shape index (κ1) is 26.6. The van der Waals surface area contributed by atoms with Crippen molar-refractivity contribution < 1.29 is 19.4 Å². The molecular formula is C30H32ClN5O4. The molecule has 2 aliphatic heterocycles. The number of nitrogens with zero attached hydrogens (tertiary/aromatic N) is 4. The van der Waals surface area contributed by atoms with Crippen LogP contribution in [0.5, 0.6) is 5.75 Å². The third-order valence-corrected chi connectivity index (χ3v) is 7.81. The van der Waals surface area contributed by atoms with Crippen LogP contribution >= 0.6 is 11.6 Å². The van der Waals surface area contributed by atoms with Crippen LogP contribution in [0.4, 0.5) is 5.69 Å². The van der Waals surface area contributed by atoms with Gasteiger partial charge in [-0.2, -0.15) is 0 Å². The second-order valence-corrected chi connectivity index (χ2v) is 10.8. The lowest BCUT2D eigenvalue weighted by atomic mass is 10.0. The minimum Gasteiger partial charge on any atom is -0.487 e. The molecule has 1 unspecified atom stereocenters. The number of imidazole rings is 1. The van der Waals surface area contributed by atoms with Crippen LogP contribution in [0.25, 0.3) is 11.0 Å². The monoisotopic (exact) mass is 561 g/mol. The van der Waals surface area contributed by atoms with Gasteiger partial charge in [0.15, 0.2) is 0 Å². The zero-order chi connectivity index (χ0) is 27.5. The van der Waals surface area contributed by atoms with Gasteiger partial charge in [-0.05, 0) is 61.7 Å². The van der Waals surface area contributed by atoms with Crippen molar-refractivity contribution in [3.8, 4) is 5.75 Å². The van der Waals surface area contributed by atoms with Crippen LogP contribution in [0.2, 0.25) is 5.02 Å². The van der Waals surface area contributed by atoms with Gasteiger partial charge in [0.05, 0.1) is 46.5 Å². The van der Waals surface area contributed by atoms with E-state index in [9.17, 15) is 9.90 Å². The molecule has 2 saturated heterocycles. The Morgan fingerprint density at radius 1 is 1.12 bits per heavy atom. The summed E-state index contributed by atoms with van der Waals surface area (Å²) in [7, 11) is 0. The zero-order valence-corrected chi connectivity index (χ0v) is 22.9. The van der Waals surface area contributed by atoms with Crippen molar-refractivity contribution in [3.05, 3.63) is 82.9 Å². The number of pyridine rings is 1. The third kappa shape index (κ3) is 6.22. The van der Waals surface area contributed by atoms with E-state index in [1.807, 2.05) is 30.3 Å². The number of rotatable bonds is 10. The minimum atomic E-state index is -0.929. The quantitative estimate of drug-likeness (QED) is 0.271. The molecule has 0 amide bonds. The molecule has 2 N–H and O–H groups in total. The maximum absolute atomic E-state index is 11.6. The third-order valence-electron chi connectivity index (χ3n) is 7.59. The second-order valence-electron chi connectivity index (χ2n) is 10.4. The summed E-state index contributed by atoms with van der Waals surface area (Å²) >= 11 is 5.91. The molecule has 2 fully saturated rings. The highest BCUT2D eigenvalue weighted by atomic mass is 35.5. The molecule has 1 atom stereocenters. The van der Waals surface area contributed by atoms with Crippen LogP contribution in [-0.2, 0) is 24.4 Å². The number of carboxylic acid groups (broad SMARTS) is 1. The van der Waals surface area contributed by atoms with Gasteiger partial charge in [0.1, 0.15) is 18.2 Å². The molecule has 0 aliphatic carbocycles. The van der Waals surface area contributed by atoms with E-state index in [-0.39, 0.29) is 11.7 Å². The average molecular weight is 562 g/mol. The van der Waals surface area contributed by atoms with Crippen LogP contribution in [-0.4, -0.2) is 62.4 Å². The highest BCUT2D eigenvalue weighted by Gasteiger charge is 2.25. The van der Waals surface area contributed by atoms with Crippen LogP contribution in [0.15, 0.2) is 60.8 Å². The molecule has 208 valence electrons. The number of benzene rings is 2. The van der Waals surface area contributed by atoms with E-state index in [1.165, 1.54) is 0 Å². The summed E-state index contributed by atoms with van der Waals surface area (Å²) in [5.74, 6) is 0.820. The lowest BCUT2D eigenvalue weighted by Gasteiger charge is -2.33. The summed E-state index contributed by atoms with van der Waals surface area (Å²) < 4.78 is 13.8. The fourth-order valence-electron chi connectivity index (χ4n) is 5.26. The maximum Gasteiger partial charge on any atom is 0.335 e. The number of halogens is 1. The Bertz CT molecular complexity index is 1480. The standard InChI is InChI=1S/C30H32ClN5O4/c31-21-5-6-24(32-16-21)19-40-25-3-1-2-23(15-25)33-22-8-11-35(12-9-22)18-29-34-27-7-4-20(30(37)38)14-28(27)36(29)17-26-10-13-39-26/h1-7,14-16,22,26,33H,8-13,17-19H2,(H,37,38). The van der Waals surface area contributed by atoms with Gasteiger partial charge in [0.25, 0.3) is 0 Å². The molecule has 2 aromatic heterocycles. The van der Waals surface area contributed by atoms with Crippen molar-refractivity contribution in [1.29, 1.82) is 0 Å². The van der Waals surface area contributed by atoms with Crippen molar-refractivity contribution >= 4 is 34.3 Å². The first-order chi connectivity index (χ1) is 19.5. The lowest BCUT2D eigenvalue weighted by Crippen LogP contribution is -2.39. The average Bonchev–Trinajstić information content (AvgIpc) is 3.27. The molecule has 2 aliphatic rings. The highest BCUT2D eigenvalue weighted by molar-refractivity contribution is 6.30. The van der Waals surface area contributed by atoms with Crippen molar-refractivity contribution in [2.75, 3.05) is 25.0 Å². The Morgan fingerprint density at radius 2 is 1.98 bits per heavy atom. The number of likely N-dealkylation sites (tertiary alicyclic amines) is 1. The lowest BCUT2D eigenvalue weighted by molar-refractivity contribution is -0.0592. The fourth-order valence-corrected chi connectivity index (χ4v) is 5.37. The largest absolute Gasteiger partial charge is 0.487 e. The molecule has 0 saturated carbocycles. The normalized spacial score (nSPS) is 18.0. The van der Waals surface area contributed by atoms with Crippen LogP contribution in [0.1, 0.15) is 41.1 Å². The van der Waals surface area contributed by atoms with Gasteiger partial charge in [-0.25, -0.2) is 9.78 Å². The van der Waals surface area contributed by atoms with Crippen LogP contribution in [0, 0.1) is 0 Å². The number of hydrogen-bond donors (Lipinski definition) is 2. The van der Waals surface area contributed by atoms with Crippen molar-refractivity contribution in [1.82, 2.24) is 19.4 Å². The Kier molecular flexibility index (Phi) is 7.86. The fraction of sp³-hybridized carbons (Fsp3) is 0.367. The molecule has 0 bridgehead atoms. The summed E-state index contributed by atoms with van der Waals surface area (Å²) in [4.78, 5) is 23.2. The van der Waals surface area contributed by atoms with Gasteiger partial charge >= 0.3 is 5.97 Å². The highest BCUT2D eigenvalue weighted by Crippen LogP contribution is 2.26. The molecule has 4 heterocycles. The molecule has 10 heteroatoms. The van der Waals surface area contributed by atoms with Crippen molar-refractivity contribution in [2.45, 2.75) is 51.1 Å². The minimum absolute atomic E-state index is 0.154. The number of aromatic nitrogens is 3. The number of nitrogens with one attached hydrogen (secondary N) is 1. The molecule has 9 nitrogen and oxygen atoms in total. The zero-order valence-electron chi connectivity index (χ0n) is 22.1. The predicted octanol–water partition coefficient (Wildman–Crippen LogP) is 5.23. The van der Waals surface area contributed by atoms with Crippen molar-refractivity contribution in [2.24, 2.45) is 0 Å². The first-order valence-electron chi connectivity index (χ1n) is 13.7. The van der Waals surface area contributed by atoms with Gasteiger partial charge in [0.2, 0.25) is 0 Å². The Balaban J connectivity index is 1.06. The number of fused-ring (bicyclic) bond motifs is 1. The van der Waals surface area contributed by atoms with Crippen LogP contribution in [0.3, 0.4) is 0 Å². The Labute approximate surface area is 237 Å². The number of anilines is 1. The number of carbonyl (C=O) groups is 1. The number of hydrogen-bond acceptors (Lipinski definition) is 7. The summed E-state index contributed by atoms with van der Waals surface area (Å²) in [5.41, 5.74) is 3.82. The summed E-state index contributed by atoms with van der Waals surface area (Å²) in [6, 6.07) is 17.2. The maximum atomic E-state index is 11.6. The van der Waals surface area contributed by atoms with Gasteiger partial charge in [-0.3, -0.25) is 9.88 Å². The van der Waals surface area contributed by atoms with E-state index >= 15 is 0 Å². The van der Waals surface area contributed by atoms with E-state index in [0.717, 1.165) is 79.5 Å². The molecule has 0 spiro atoms. The number of carboxylic acids is 1. The number of ether oxygens (including phenoxy) is 2. The van der Waals surface area contributed by atoms with Crippen LogP contribution < -0.4 is 10.1 Å². The predicted molar refractivity (Wildman–Crippen MR) is 153 cm³/mol. The molecule has 40 heavy (non-hydrogen) atoms. The molecular weight excluding hydrogens is 530 g/mol. The van der Waals surface area contributed by atoms with Gasteiger partial charge in [0, 0.05) is 43.7 Å². The number of piperidine rings is 1. The SMILES string of the molecule is O=C(O)c1ccc2nc(CN3CCC(Nc4cccc(OCc5ccc(Cl)cn5)c4)CC3)n(CC3CCO3)c2c1. The topological polar surface area (TPSA) is 102 Å². The number of aromatic carboxylic acids is 1. The van der Waals surface area contributed by atoms with E-state index in [4.69, 9.17) is 26.1 Å². The molecule has 2 aromatic carbocycles. The van der Waals surface area contributed by atoms with Gasteiger partial charge < -0.3 is 24.5 Å². The van der Waals surface area contributed by atoms with Gasteiger partial charge in [-0.1, -0.05) is 17.7 Å². The van der Waals surface area contributed by atoms with Gasteiger partial charge in [-0.15, -0.1) is 0 Å². The van der Waals surface area contributed by atoms with Crippen molar-refractivity contribution in [3.63, 3.8) is 0 Å². The summed E-state index contributed by atoms with van der Waals surface area (Å²) in [6.45, 7) is 4.47. The molecule has 4 aromatic rings. The van der Waals surface area contributed by atoms with E-state index < -0.39 is 5.97 Å². The second kappa shape index (κ2) is 11.8.